The highest BCUT2D eigenvalue weighted by Gasteiger charge is 2.30. The summed E-state index contributed by atoms with van der Waals surface area (Å²) in [6.45, 7) is 8.89. The van der Waals surface area contributed by atoms with Gasteiger partial charge in [-0.2, -0.15) is 0 Å². The number of amides is 2. The van der Waals surface area contributed by atoms with Crippen LogP contribution in [0.5, 0.6) is 0 Å². The monoisotopic (exact) mass is 283 g/mol. The lowest BCUT2D eigenvalue weighted by molar-refractivity contribution is -0.143. The van der Waals surface area contributed by atoms with Crippen LogP contribution in [0.1, 0.15) is 26.7 Å². The first-order valence-corrected chi connectivity index (χ1v) is 7.49. The van der Waals surface area contributed by atoms with Gasteiger partial charge in [-0.1, -0.05) is 0 Å². The Morgan fingerprint density at radius 1 is 0.950 bits per heavy atom. The van der Waals surface area contributed by atoms with Gasteiger partial charge in [0.25, 0.3) is 0 Å². The number of aliphatic carboxylic acids is 1. The van der Waals surface area contributed by atoms with Crippen molar-refractivity contribution in [1.29, 1.82) is 0 Å². The molecule has 6 nitrogen and oxygen atoms in total. The maximum Gasteiger partial charge on any atom is 0.320 e. The molecule has 114 valence electrons. The number of rotatable bonds is 2. The van der Waals surface area contributed by atoms with E-state index in [2.05, 4.69) is 18.7 Å². The molecule has 0 unspecified atom stereocenters. The molecule has 2 fully saturated rings. The summed E-state index contributed by atoms with van der Waals surface area (Å²) in [6.07, 6.45) is 1.15. The Bertz CT molecular complexity index is 357. The number of hydrogen-bond acceptors (Lipinski definition) is 3. The van der Waals surface area contributed by atoms with E-state index in [0.29, 0.717) is 32.0 Å². The lowest BCUT2D eigenvalue weighted by atomic mass is 9.97. The van der Waals surface area contributed by atoms with Gasteiger partial charge in [-0.3, -0.25) is 9.69 Å². The number of likely N-dealkylation sites (tertiary alicyclic amines) is 1. The number of carboxylic acids is 1. The first-order valence-electron chi connectivity index (χ1n) is 7.49. The molecule has 0 aromatic carbocycles. The second-order valence-corrected chi connectivity index (χ2v) is 6.00. The minimum absolute atomic E-state index is 0.0808. The third-order valence-corrected chi connectivity index (χ3v) is 4.43. The largest absolute Gasteiger partial charge is 0.481 e. The molecule has 20 heavy (non-hydrogen) atoms. The molecular weight excluding hydrogens is 258 g/mol. The van der Waals surface area contributed by atoms with Crippen LogP contribution in [0.15, 0.2) is 0 Å². The Morgan fingerprint density at radius 3 is 1.90 bits per heavy atom. The molecule has 0 aromatic heterocycles. The summed E-state index contributed by atoms with van der Waals surface area (Å²) in [7, 11) is 0. The van der Waals surface area contributed by atoms with Crippen LogP contribution in [0, 0.1) is 5.92 Å². The van der Waals surface area contributed by atoms with Crippen molar-refractivity contribution in [1.82, 2.24) is 14.7 Å². The number of carboxylic acid groups (broad SMARTS) is 1. The fourth-order valence-corrected chi connectivity index (χ4v) is 2.95. The quantitative estimate of drug-likeness (QED) is 0.819. The van der Waals surface area contributed by atoms with Gasteiger partial charge in [-0.25, -0.2) is 4.79 Å². The zero-order chi connectivity index (χ0) is 14.7. The molecule has 1 N–H and O–H groups in total. The molecule has 0 aliphatic carbocycles. The Kier molecular flexibility index (Phi) is 4.86. The van der Waals surface area contributed by atoms with Crippen LogP contribution in [-0.4, -0.2) is 77.1 Å². The standard InChI is InChI=1S/C14H25N3O3/c1-11(2)15-7-9-17(10-8-15)14(20)16-5-3-12(4-6-16)13(18)19/h11-12H,3-10H2,1-2H3,(H,18,19). The van der Waals surface area contributed by atoms with Crippen LogP contribution < -0.4 is 0 Å². The number of carbonyl (C=O) groups is 2. The van der Waals surface area contributed by atoms with E-state index < -0.39 is 5.97 Å². The van der Waals surface area contributed by atoms with Gasteiger partial charge in [0.15, 0.2) is 0 Å². The molecule has 6 heteroatoms. The minimum Gasteiger partial charge on any atom is -0.481 e. The maximum absolute atomic E-state index is 12.4. The van der Waals surface area contributed by atoms with Gasteiger partial charge in [-0.05, 0) is 26.7 Å². The summed E-state index contributed by atoms with van der Waals surface area (Å²) >= 11 is 0. The lowest BCUT2D eigenvalue weighted by Crippen LogP contribution is -2.55. The van der Waals surface area contributed by atoms with Crippen LogP contribution in [0.25, 0.3) is 0 Å². The van der Waals surface area contributed by atoms with Crippen molar-refractivity contribution >= 4 is 12.0 Å². The van der Waals surface area contributed by atoms with E-state index in [1.807, 2.05) is 9.80 Å². The highest BCUT2D eigenvalue weighted by Crippen LogP contribution is 2.19. The van der Waals surface area contributed by atoms with Gasteiger partial charge in [0.05, 0.1) is 5.92 Å². The third kappa shape index (κ3) is 3.42. The number of hydrogen-bond donors (Lipinski definition) is 1. The van der Waals surface area contributed by atoms with Gasteiger partial charge >= 0.3 is 12.0 Å². The summed E-state index contributed by atoms with van der Waals surface area (Å²) in [5.74, 6) is -1.01. The average molecular weight is 283 g/mol. The Hall–Kier alpha value is -1.30. The predicted octanol–water partition coefficient (Wildman–Crippen LogP) is 0.929. The summed E-state index contributed by atoms with van der Waals surface area (Å²) in [6, 6.07) is 0.607. The molecule has 0 spiro atoms. The second-order valence-electron chi connectivity index (χ2n) is 6.00. The summed E-state index contributed by atoms with van der Waals surface area (Å²) in [5, 5.41) is 8.97. The molecule has 2 saturated heterocycles. The van der Waals surface area contributed by atoms with Gasteiger partial charge in [0.1, 0.15) is 0 Å². The van der Waals surface area contributed by atoms with Crippen molar-refractivity contribution in [3.8, 4) is 0 Å². The van der Waals surface area contributed by atoms with Crippen LogP contribution >= 0.6 is 0 Å². The summed E-state index contributed by atoms with van der Waals surface area (Å²) in [4.78, 5) is 29.4. The van der Waals surface area contributed by atoms with E-state index in [0.717, 1.165) is 26.2 Å². The number of nitrogens with zero attached hydrogens (tertiary/aromatic N) is 3. The molecular formula is C14H25N3O3. The molecule has 0 saturated carbocycles. The summed E-state index contributed by atoms with van der Waals surface area (Å²) in [5.41, 5.74) is 0. The molecule has 2 amide bonds. The van der Waals surface area contributed by atoms with Crippen molar-refractivity contribution in [3.63, 3.8) is 0 Å². The van der Waals surface area contributed by atoms with E-state index in [9.17, 15) is 9.59 Å². The first kappa shape index (κ1) is 15.1. The zero-order valence-electron chi connectivity index (χ0n) is 12.4. The molecule has 2 rings (SSSR count). The first-order chi connectivity index (χ1) is 9.49. The number of piperidine rings is 1. The molecule has 2 aliphatic heterocycles. The van der Waals surface area contributed by atoms with Gasteiger partial charge in [0.2, 0.25) is 0 Å². The number of carbonyl (C=O) groups excluding carboxylic acids is 1. The van der Waals surface area contributed by atoms with Gasteiger partial charge in [-0.15, -0.1) is 0 Å². The number of urea groups is 1. The van der Waals surface area contributed by atoms with Crippen molar-refractivity contribution < 1.29 is 14.7 Å². The highest BCUT2D eigenvalue weighted by atomic mass is 16.4. The molecule has 0 radical (unpaired) electrons. The fourth-order valence-electron chi connectivity index (χ4n) is 2.95. The Labute approximate surface area is 120 Å². The predicted molar refractivity (Wildman–Crippen MR) is 75.6 cm³/mol. The molecule has 2 heterocycles. The van der Waals surface area contributed by atoms with Crippen LogP contribution in [0.4, 0.5) is 4.79 Å². The SMILES string of the molecule is CC(C)N1CCN(C(=O)N2CCC(C(=O)O)CC2)CC1. The van der Waals surface area contributed by atoms with E-state index in [1.165, 1.54) is 0 Å². The number of piperazine rings is 1. The van der Waals surface area contributed by atoms with E-state index in [-0.39, 0.29) is 11.9 Å². The molecule has 0 bridgehead atoms. The van der Waals surface area contributed by atoms with Gasteiger partial charge < -0.3 is 14.9 Å². The Morgan fingerprint density at radius 2 is 1.45 bits per heavy atom. The van der Waals surface area contributed by atoms with Crippen molar-refractivity contribution in [3.05, 3.63) is 0 Å². The van der Waals surface area contributed by atoms with Crippen molar-refractivity contribution in [2.24, 2.45) is 5.92 Å². The van der Waals surface area contributed by atoms with E-state index in [4.69, 9.17) is 5.11 Å². The molecule has 0 atom stereocenters. The summed E-state index contributed by atoms with van der Waals surface area (Å²) < 4.78 is 0. The fraction of sp³-hybridized carbons (Fsp3) is 0.857. The maximum atomic E-state index is 12.4. The van der Waals surface area contributed by atoms with E-state index in [1.54, 1.807) is 0 Å². The van der Waals surface area contributed by atoms with Crippen LogP contribution in [-0.2, 0) is 4.79 Å². The lowest BCUT2D eigenvalue weighted by Gasteiger charge is -2.40. The van der Waals surface area contributed by atoms with Crippen LogP contribution in [0.2, 0.25) is 0 Å². The van der Waals surface area contributed by atoms with E-state index >= 15 is 0 Å². The highest BCUT2D eigenvalue weighted by molar-refractivity contribution is 5.75. The second kappa shape index (κ2) is 6.43. The minimum atomic E-state index is -0.734. The Balaban J connectivity index is 1.80. The smallest absolute Gasteiger partial charge is 0.320 e. The average Bonchev–Trinajstić information content (AvgIpc) is 2.46. The molecule has 2 aliphatic rings. The normalized spacial score (nSPS) is 22.4. The zero-order valence-corrected chi connectivity index (χ0v) is 12.4. The van der Waals surface area contributed by atoms with Crippen molar-refractivity contribution in [2.45, 2.75) is 32.7 Å². The molecule has 0 aromatic rings. The van der Waals surface area contributed by atoms with Crippen LogP contribution in [0.3, 0.4) is 0 Å². The topological polar surface area (TPSA) is 64.1 Å². The van der Waals surface area contributed by atoms with Gasteiger partial charge in [0, 0.05) is 45.3 Å². The van der Waals surface area contributed by atoms with Crippen molar-refractivity contribution in [2.75, 3.05) is 39.3 Å². The third-order valence-electron chi connectivity index (χ3n) is 4.43.